The van der Waals surface area contributed by atoms with Gasteiger partial charge in [-0.15, -0.1) is 0 Å². The van der Waals surface area contributed by atoms with Crippen LogP contribution in [0.3, 0.4) is 0 Å². The molecule has 88 valence electrons. The topological polar surface area (TPSA) is 80.4 Å². The van der Waals surface area contributed by atoms with Gasteiger partial charge in [-0.1, -0.05) is 26.2 Å². The normalized spacial score (nSPS) is 14.5. The number of rotatable bonds is 6. The van der Waals surface area contributed by atoms with Gasteiger partial charge < -0.3 is 7.16 Å². The molecule has 0 heterocycles. The van der Waals surface area contributed by atoms with Gasteiger partial charge in [-0.25, -0.2) is 0 Å². The molecule has 0 radical (unpaired) electrons. The van der Waals surface area contributed by atoms with Gasteiger partial charge in [0, 0.05) is 6.04 Å². The van der Waals surface area contributed by atoms with Crippen LogP contribution in [0, 0.1) is 0 Å². The van der Waals surface area contributed by atoms with Gasteiger partial charge in [-0.05, 0) is 20.3 Å². The minimum Gasteiger partial charge on any atom is -1.00 e. The Morgan fingerprint density at radius 2 is 1.87 bits per heavy atom. The molecule has 0 amide bonds. The maximum Gasteiger partial charge on any atom is 1.00 e. The van der Waals surface area contributed by atoms with Crippen molar-refractivity contribution in [1.29, 1.82) is 0 Å². The molecule has 0 saturated heterocycles. The second kappa shape index (κ2) is 7.25. The first-order valence-corrected chi connectivity index (χ1v) is 6.40. The van der Waals surface area contributed by atoms with Gasteiger partial charge in [-0.3, -0.25) is 4.55 Å². The maximum absolute atomic E-state index is 11.0. The SMILES string of the molecule is CCCCCC(N)C(C)(C)S(=O)(=O)O.[H-].[Na+]. The smallest absolute Gasteiger partial charge is 1.00 e. The van der Waals surface area contributed by atoms with E-state index in [4.69, 9.17) is 10.3 Å². The van der Waals surface area contributed by atoms with E-state index < -0.39 is 20.9 Å². The van der Waals surface area contributed by atoms with Gasteiger partial charge in [0.2, 0.25) is 0 Å². The summed E-state index contributed by atoms with van der Waals surface area (Å²) in [4.78, 5) is 0. The second-order valence-corrected chi connectivity index (χ2v) is 6.18. The summed E-state index contributed by atoms with van der Waals surface area (Å²) in [6.07, 6.45) is 3.63. The molecule has 1 unspecified atom stereocenters. The van der Waals surface area contributed by atoms with Crippen LogP contribution in [0.15, 0.2) is 0 Å². The van der Waals surface area contributed by atoms with E-state index >= 15 is 0 Å². The Morgan fingerprint density at radius 1 is 1.40 bits per heavy atom. The minimum atomic E-state index is -4.06. The third kappa shape index (κ3) is 5.65. The second-order valence-electron chi connectivity index (χ2n) is 4.18. The summed E-state index contributed by atoms with van der Waals surface area (Å²) in [6, 6.07) is -0.510. The Morgan fingerprint density at radius 3 is 2.20 bits per heavy atom. The molecule has 0 rings (SSSR count). The Hall–Kier alpha value is 0.870. The average molecular weight is 247 g/mol. The molecular weight excluding hydrogens is 225 g/mol. The molecule has 0 bridgehead atoms. The minimum absolute atomic E-state index is 0. The first-order valence-electron chi connectivity index (χ1n) is 4.96. The van der Waals surface area contributed by atoms with Crippen LogP contribution in [-0.2, 0) is 10.1 Å². The van der Waals surface area contributed by atoms with Crippen molar-refractivity contribution in [3.63, 3.8) is 0 Å². The molecule has 4 nitrogen and oxygen atoms in total. The summed E-state index contributed by atoms with van der Waals surface area (Å²) >= 11 is 0. The molecule has 0 aromatic rings. The molecule has 0 spiro atoms. The van der Waals surface area contributed by atoms with Gasteiger partial charge in [0.1, 0.15) is 4.75 Å². The van der Waals surface area contributed by atoms with Crippen LogP contribution in [0.2, 0.25) is 0 Å². The summed E-state index contributed by atoms with van der Waals surface area (Å²) in [5.41, 5.74) is 5.74. The molecule has 6 heteroatoms. The van der Waals surface area contributed by atoms with E-state index in [2.05, 4.69) is 6.92 Å². The molecule has 0 aromatic carbocycles. The van der Waals surface area contributed by atoms with Crippen molar-refractivity contribution in [1.82, 2.24) is 0 Å². The zero-order valence-electron chi connectivity index (χ0n) is 11.2. The summed E-state index contributed by atoms with van der Waals surface area (Å²) in [6.45, 7) is 4.98. The van der Waals surface area contributed by atoms with Crippen molar-refractivity contribution in [2.24, 2.45) is 5.73 Å². The van der Waals surface area contributed by atoms with Gasteiger partial charge in [-0.2, -0.15) is 8.42 Å². The van der Waals surface area contributed by atoms with Crippen molar-refractivity contribution in [2.75, 3.05) is 0 Å². The van der Waals surface area contributed by atoms with E-state index in [0.29, 0.717) is 6.42 Å². The van der Waals surface area contributed by atoms with Crippen LogP contribution in [-0.4, -0.2) is 23.8 Å². The first-order chi connectivity index (χ1) is 6.23. The molecule has 3 N–H and O–H groups in total. The van der Waals surface area contributed by atoms with Crippen LogP contribution in [0.5, 0.6) is 0 Å². The molecule has 0 aromatic heterocycles. The van der Waals surface area contributed by atoms with E-state index in [1.165, 1.54) is 13.8 Å². The van der Waals surface area contributed by atoms with E-state index in [0.717, 1.165) is 19.3 Å². The first kappa shape index (κ1) is 18.2. The van der Waals surface area contributed by atoms with Crippen LogP contribution < -0.4 is 35.3 Å². The molecule has 0 fully saturated rings. The fourth-order valence-electron chi connectivity index (χ4n) is 1.15. The summed E-state index contributed by atoms with van der Waals surface area (Å²) in [5.74, 6) is 0. The number of hydrogen-bond acceptors (Lipinski definition) is 3. The van der Waals surface area contributed by atoms with Gasteiger partial charge >= 0.3 is 29.6 Å². The summed E-state index contributed by atoms with van der Waals surface area (Å²) < 4.78 is 29.7. The Kier molecular flexibility index (Phi) is 8.81. The Balaban J connectivity index is -0.000000845. The third-order valence-corrected chi connectivity index (χ3v) is 4.31. The van der Waals surface area contributed by atoms with Crippen molar-refractivity contribution >= 4 is 10.1 Å². The van der Waals surface area contributed by atoms with Crippen molar-refractivity contribution in [2.45, 2.75) is 57.2 Å². The number of hydrogen-bond donors (Lipinski definition) is 2. The van der Waals surface area contributed by atoms with Crippen LogP contribution in [0.25, 0.3) is 0 Å². The molecule has 0 aliphatic rings. The zero-order valence-corrected chi connectivity index (χ0v) is 13.0. The largest absolute Gasteiger partial charge is 1.00 e. The standard InChI is InChI=1S/C9H21NO3S.Na.H/c1-4-5-6-7-8(10)9(2,3)14(11,12)13;;/h8H,4-7,10H2,1-3H3,(H,11,12,13);;/q;+1;-1. The van der Waals surface area contributed by atoms with Crippen molar-refractivity contribution < 1.29 is 44.0 Å². The van der Waals surface area contributed by atoms with Crippen LogP contribution in [0.1, 0.15) is 47.9 Å². The molecule has 15 heavy (non-hydrogen) atoms. The van der Waals surface area contributed by atoms with E-state index in [9.17, 15) is 8.42 Å². The van der Waals surface area contributed by atoms with E-state index in [-0.39, 0.29) is 31.0 Å². The van der Waals surface area contributed by atoms with Gasteiger partial charge in [0.25, 0.3) is 10.1 Å². The van der Waals surface area contributed by atoms with E-state index in [1.54, 1.807) is 0 Å². The quantitative estimate of drug-likeness (QED) is 0.346. The third-order valence-electron chi connectivity index (χ3n) is 2.68. The fraction of sp³-hybridized carbons (Fsp3) is 1.00. The maximum atomic E-state index is 11.0. The van der Waals surface area contributed by atoms with Crippen LogP contribution >= 0.6 is 0 Å². The summed E-state index contributed by atoms with van der Waals surface area (Å²) in [7, 11) is -4.06. The molecule has 1 atom stereocenters. The van der Waals surface area contributed by atoms with Crippen LogP contribution in [0.4, 0.5) is 0 Å². The van der Waals surface area contributed by atoms with Gasteiger partial charge in [0.05, 0.1) is 0 Å². The monoisotopic (exact) mass is 247 g/mol. The fourth-order valence-corrected chi connectivity index (χ4v) is 1.65. The summed E-state index contributed by atoms with van der Waals surface area (Å²) in [5, 5.41) is 0. The number of nitrogens with two attached hydrogens (primary N) is 1. The van der Waals surface area contributed by atoms with E-state index in [1.807, 2.05) is 0 Å². The Bertz CT molecular complexity index is 270. The average Bonchev–Trinajstić information content (AvgIpc) is 2.02. The zero-order chi connectivity index (χ0) is 11.4. The number of unbranched alkanes of at least 4 members (excludes halogenated alkanes) is 2. The molecular formula is C9H22NNaO3S. The Labute approximate surface area is 117 Å². The molecule has 0 aliphatic carbocycles. The predicted octanol–water partition coefficient (Wildman–Crippen LogP) is -1.32. The molecule has 0 saturated carbocycles. The molecule has 0 aliphatic heterocycles. The van der Waals surface area contributed by atoms with Gasteiger partial charge in [0.15, 0.2) is 0 Å². The predicted molar refractivity (Wildman–Crippen MR) is 58.9 cm³/mol. The van der Waals surface area contributed by atoms with Crippen molar-refractivity contribution in [3.8, 4) is 0 Å². The van der Waals surface area contributed by atoms with Crippen molar-refractivity contribution in [3.05, 3.63) is 0 Å².